The minimum atomic E-state index is -0.339. The van der Waals surface area contributed by atoms with Crippen molar-refractivity contribution < 1.29 is 13.9 Å². The lowest BCUT2D eigenvalue weighted by Gasteiger charge is -2.09. The van der Waals surface area contributed by atoms with Gasteiger partial charge in [0.2, 0.25) is 0 Å². The molecule has 6 heteroatoms. The molecule has 1 N–H and O–H groups in total. The van der Waals surface area contributed by atoms with Gasteiger partial charge in [0, 0.05) is 24.7 Å². The molecule has 0 aliphatic heterocycles. The van der Waals surface area contributed by atoms with Crippen LogP contribution in [0.15, 0.2) is 34.1 Å². The van der Waals surface area contributed by atoms with Crippen LogP contribution < -0.4 is 10.1 Å². The van der Waals surface area contributed by atoms with Crippen LogP contribution in [0.3, 0.4) is 0 Å². The van der Waals surface area contributed by atoms with Crippen molar-refractivity contribution in [3.63, 3.8) is 0 Å². The van der Waals surface area contributed by atoms with Gasteiger partial charge in [-0.25, -0.2) is 4.39 Å². The third-order valence-electron chi connectivity index (χ3n) is 2.86. The van der Waals surface area contributed by atoms with Crippen LogP contribution >= 0.6 is 27.3 Å². The largest absolute Gasteiger partial charge is 0.485 e. The Morgan fingerprint density at radius 2 is 2.19 bits per heavy atom. The number of methoxy groups -OCH3 is 1. The summed E-state index contributed by atoms with van der Waals surface area (Å²) in [6.07, 6.45) is 0. The van der Waals surface area contributed by atoms with E-state index >= 15 is 0 Å². The molecule has 2 aromatic rings. The van der Waals surface area contributed by atoms with Crippen LogP contribution in [0.1, 0.15) is 10.4 Å². The van der Waals surface area contributed by atoms with E-state index in [2.05, 4.69) is 21.2 Å². The number of hydrogen-bond donors (Lipinski definition) is 1. The number of halogens is 2. The Hall–Kier alpha value is -0.950. The summed E-state index contributed by atoms with van der Waals surface area (Å²) in [4.78, 5) is 1.04. The van der Waals surface area contributed by atoms with Gasteiger partial charge in [0.05, 0.1) is 11.5 Å². The number of rotatable bonds is 8. The summed E-state index contributed by atoms with van der Waals surface area (Å²) in [7, 11) is 1.65. The number of hydrogen-bond acceptors (Lipinski definition) is 4. The smallest absolute Gasteiger partial charge is 0.165 e. The van der Waals surface area contributed by atoms with Crippen LogP contribution in [0.4, 0.5) is 4.39 Å². The van der Waals surface area contributed by atoms with E-state index in [-0.39, 0.29) is 11.6 Å². The Balaban J connectivity index is 1.88. The molecule has 1 aromatic heterocycles. The molecule has 0 atom stereocenters. The monoisotopic (exact) mass is 373 g/mol. The maximum absolute atomic E-state index is 14.0. The fourth-order valence-corrected chi connectivity index (χ4v) is 3.13. The Morgan fingerprint density at radius 3 is 2.86 bits per heavy atom. The van der Waals surface area contributed by atoms with Gasteiger partial charge >= 0.3 is 0 Å². The van der Waals surface area contributed by atoms with E-state index in [0.29, 0.717) is 19.8 Å². The van der Waals surface area contributed by atoms with Crippen LogP contribution in [0.5, 0.6) is 5.75 Å². The molecule has 0 bridgehead atoms. The van der Waals surface area contributed by atoms with E-state index in [1.54, 1.807) is 24.5 Å². The van der Waals surface area contributed by atoms with Crippen molar-refractivity contribution in [2.75, 3.05) is 20.3 Å². The van der Waals surface area contributed by atoms with Crippen LogP contribution in [-0.2, 0) is 17.9 Å². The molecule has 0 amide bonds. The fraction of sp³-hybridized carbons (Fsp3) is 0.333. The molecule has 3 nitrogen and oxygen atoms in total. The first-order valence-electron chi connectivity index (χ1n) is 6.53. The molecule has 114 valence electrons. The van der Waals surface area contributed by atoms with Crippen molar-refractivity contribution >= 4 is 27.3 Å². The normalized spacial score (nSPS) is 10.8. The van der Waals surface area contributed by atoms with E-state index in [9.17, 15) is 4.39 Å². The van der Waals surface area contributed by atoms with Crippen LogP contribution in [-0.4, -0.2) is 20.3 Å². The van der Waals surface area contributed by atoms with Crippen molar-refractivity contribution in [2.24, 2.45) is 0 Å². The summed E-state index contributed by atoms with van der Waals surface area (Å²) in [5, 5.41) is 5.14. The number of thiophene rings is 1. The summed E-state index contributed by atoms with van der Waals surface area (Å²) in [5.41, 5.74) is 0.883. The lowest BCUT2D eigenvalue weighted by Crippen LogP contribution is -2.18. The summed E-state index contributed by atoms with van der Waals surface area (Å²) >= 11 is 5.01. The van der Waals surface area contributed by atoms with Gasteiger partial charge in [-0.1, -0.05) is 6.07 Å². The average molecular weight is 374 g/mol. The first-order chi connectivity index (χ1) is 10.2. The van der Waals surface area contributed by atoms with E-state index in [0.717, 1.165) is 21.5 Å². The molecule has 2 rings (SSSR count). The number of benzene rings is 1. The van der Waals surface area contributed by atoms with Crippen molar-refractivity contribution in [3.8, 4) is 5.75 Å². The molecule has 0 radical (unpaired) electrons. The molecule has 1 aromatic carbocycles. The predicted molar refractivity (Wildman–Crippen MR) is 86.3 cm³/mol. The van der Waals surface area contributed by atoms with Gasteiger partial charge in [-0.05, 0) is 45.1 Å². The van der Waals surface area contributed by atoms with Gasteiger partial charge < -0.3 is 14.8 Å². The highest BCUT2D eigenvalue weighted by molar-refractivity contribution is 9.10. The number of ether oxygens (including phenoxy) is 2. The van der Waals surface area contributed by atoms with Gasteiger partial charge in [0.15, 0.2) is 11.6 Å². The second kappa shape index (κ2) is 8.48. The second-order valence-corrected chi connectivity index (χ2v) is 6.27. The van der Waals surface area contributed by atoms with Crippen LogP contribution in [0.2, 0.25) is 0 Å². The minimum absolute atomic E-state index is 0.274. The van der Waals surface area contributed by atoms with E-state index in [4.69, 9.17) is 9.47 Å². The van der Waals surface area contributed by atoms with Gasteiger partial charge in [-0.3, -0.25) is 0 Å². The molecule has 0 fully saturated rings. The minimum Gasteiger partial charge on any atom is -0.485 e. The summed E-state index contributed by atoms with van der Waals surface area (Å²) in [5.74, 6) is -0.0651. The maximum atomic E-state index is 14.0. The van der Waals surface area contributed by atoms with Crippen molar-refractivity contribution in [1.29, 1.82) is 0 Å². The number of nitrogens with one attached hydrogen (secondary N) is 1. The highest BCUT2D eigenvalue weighted by atomic mass is 79.9. The van der Waals surface area contributed by atoms with E-state index in [1.807, 2.05) is 17.5 Å². The quantitative estimate of drug-likeness (QED) is 0.710. The SMILES string of the molecule is COCCNCc1ccc(OCc2sccc2Br)c(F)c1. The molecule has 21 heavy (non-hydrogen) atoms. The lowest BCUT2D eigenvalue weighted by molar-refractivity contribution is 0.199. The molecule has 0 aliphatic rings. The van der Waals surface area contributed by atoms with E-state index in [1.165, 1.54) is 6.07 Å². The molecular weight excluding hydrogens is 357 g/mol. The Kier molecular flexibility index (Phi) is 6.63. The van der Waals surface area contributed by atoms with Gasteiger partial charge in [-0.15, -0.1) is 11.3 Å². The fourth-order valence-electron chi connectivity index (χ4n) is 1.75. The predicted octanol–water partition coefficient (Wildman–Crippen LogP) is 3.96. The standard InChI is InChI=1S/C15H17BrFNO2S/c1-19-6-5-18-9-11-2-3-14(13(17)8-11)20-10-15-12(16)4-7-21-15/h2-4,7-8,18H,5-6,9-10H2,1H3. The van der Waals surface area contributed by atoms with Crippen LogP contribution in [0.25, 0.3) is 0 Å². The van der Waals surface area contributed by atoms with E-state index < -0.39 is 0 Å². The molecule has 0 spiro atoms. The van der Waals surface area contributed by atoms with Crippen molar-refractivity contribution in [2.45, 2.75) is 13.2 Å². The molecule has 0 aliphatic carbocycles. The maximum Gasteiger partial charge on any atom is 0.165 e. The first kappa shape index (κ1) is 16.4. The van der Waals surface area contributed by atoms with Crippen molar-refractivity contribution in [3.05, 3.63) is 50.4 Å². The van der Waals surface area contributed by atoms with Gasteiger partial charge in [0.25, 0.3) is 0 Å². The van der Waals surface area contributed by atoms with Crippen LogP contribution in [0, 0.1) is 5.82 Å². The highest BCUT2D eigenvalue weighted by Crippen LogP contribution is 2.25. The molecule has 0 unspecified atom stereocenters. The Bertz CT molecular complexity index is 577. The third kappa shape index (κ3) is 5.07. The second-order valence-electron chi connectivity index (χ2n) is 4.41. The topological polar surface area (TPSA) is 30.5 Å². The zero-order valence-electron chi connectivity index (χ0n) is 11.7. The first-order valence-corrected chi connectivity index (χ1v) is 8.20. The summed E-state index contributed by atoms with van der Waals surface area (Å²) < 4.78 is 25.4. The molecule has 0 saturated heterocycles. The highest BCUT2D eigenvalue weighted by Gasteiger charge is 2.07. The Morgan fingerprint density at radius 1 is 1.33 bits per heavy atom. The van der Waals surface area contributed by atoms with Gasteiger partial charge in [0.1, 0.15) is 6.61 Å². The molecule has 1 heterocycles. The summed E-state index contributed by atoms with van der Waals surface area (Å²) in [6.45, 7) is 2.35. The summed E-state index contributed by atoms with van der Waals surface area (Å²) in [6, 6.07) is 6.99. The zero-order valence-corrected chi connectivity index (χ0v) is 14.1. The Labute approximate surface area is 136 Å². The van der Waals surface area contributed by atoms with Gasteiger partial charge in [-0.2, -0.15) is 0 Å². The third-order valence-corrected chi connectivity index (χ3v) is 4.76. The lowest BCUT2D eigenvalue weighted by atomic mass is 10.2. The average Bonchev–Trinajstić information content (AvgIpc) is 2.88. The molecule has 0 saturated carbocycles. The zero-order chi connectivity index (χ0) is 15.1. The molecular formula is C15H17BrFNO2S. The van der Waals surface area contributed by atoms with Crippen molar-refractivity contribution in [1.82, 2.24) is 5.32 Å².